The van der Waals surface area contributed by atoms with Gasteiger partial charge in [-0.1, -0.05) is 56.4 Å². The Balaban J connectivity index is 1.92. The lowest BCUT2D eigenvalue weighted by atomic mass is 9.83. The van der Waals surface area contributed by atoms with Crippen molar-refractivity contribution in [3.05, 3.63) is 35.4 Å². The normalized spacial score (nSPS) is 18.1. The molecule has 1 aromatic carbocycles. The smallest absolute Gasteiger partial charge is 0.0502 e. The largest absolute Gasteiger partial charge is 0.384 e. The molecule has 0 aliphatic heterocycles. The summed E-state index contributed by atoms with van der Waals surface area (Å²) < 4.78 is 5.13. The van der Waals surface area contributed by atoms with Crippen LogP contribution in [-0.2, 0) is 11.2 Å². The Labute approximate surface area is 123 Å². The highest BCUT2D eigenvalue weighted by molar-refractivity contribution is 5.25. The fourth-order valence-electron chi connectivity index (χ4n) is 3.31. The zero-order valence-electron chi connectivity index (χ0n) is 13.0. The third kappa shape index (κ3) is 4.60. The molecule has 0 heterocycles. The SMILES string of the molecule is CNC(CC1CCCCC1)c1ccc(CCOC)cc1. The van der Waals surface area contributed by atoms with Gasteiger partial charge in [0.05, 0.1) is 6.61 Å². The molecule has 1 aliphatic rings. The van der Waals surface area contributed by atoms with Crippen LogP contribution < -0.4 is 5.32 Å². The van der Waals surface area contributed by atoms with Gasteiger partial charge in [-0.25, -0.2) is 0 Å². The summed E-state index contributed by atoms with van der Waals surface area (Å²) in [6.07, 6.45) is 9.43. The Morgan fingerprint density at radius 3 is 2.45 bits per heavy atom. The van der Waals surface area contributed by atoms with E-state index in [0.717, 1.165) is 18.9 Å². The third-order valence-corrected chi connectivity index (χ3v) is 4.62. The van der Waals surface area contributed by atoms with Crippen molar-refractivity contribution in [2.45, 2.75) is 51.0 Å². The predicted molar refractivity (Wildman–Crippen MR) is 85.0 cm³/mol. The van der Waals surface area contributed by atoms with Crippen LogP contribution in [0.25, 0.3) is 0 Å². The van der Waals surface area contributed by atoms with E-state index in [0.29, 0.717) is 6.04 Å². The van der Waals surface area contributed by atoms with Crippen LogP contribution in [0.5, 0.6) is 0 Å². The van der Waals surface area contributed by atoms with E-state index in [-0.39, 0.29) is 0 Å². The van der Waals surface area contributed by atoms with Crippen molar-refractivity contribution in [2.24, 2.45) is 5.92 Å². The maximum absolute atomic E-state index is 5.13. The maximum atomic E-state index is 5.13. The van der Waals surface area contributed by atoms with Crippen LogP contribution in [0.1, 0.15) is 55.7 Å². The second-order valence-electron chi connectivity index (χ2n) is 6.07. The molecule has 1 atom stereocenters. The third-order valence-electron chi connectivity index (χ3n) is 4.62. The lowest BCUT2D eigenvalue weighted by Crippen LogP contribution is -2.21. The minimum absolute atomic E-state index is 0.509. The first kappa shape index (κ1) is 15.5. The average molecular weight is 275 g/mol. The molecule has 1 unspecified atom stereocenters. The number of hydrogen-bond acceptors (Lipinski definition) is 2. The molecule has 1 aromatic rings. The van der Waals surface area contributed by atoms with Gasteiger partial charge in [0.25, 0.3) is 0 Å². The first-order chi connectivity index (χ1) is 9.83. The van der Waals surface area contributed by atoms with E-state index in [9.17, 15) is 0 Å². The van der Waals surface area contributed by atoms with Crippen molar-refractivity contribution in [2.75, 3.05) is 20.8 Å². The summed E-state index contributed by atoms with van der Waals surface area (Å²) in [6.45, 7) is 0.802. The first-order valence-corrected chi connectivity index (χ1v) is 8.08. The van der Waals surface area contributed by atoms with Crippen LogP contribution in [0.2, 0.25) is 0 Å². The second kappa shape index (κ2) is 8.43. The van der Waals surface area contributed by atoms with E-state index in [4.69, 9.17) is 4.74 Å². The summed E-state index contributed by atoms with van der Waals surface area (Å²) in [7, 11) is 3.85. The van der Waals surface area contributed by atoms with Crippen molar-refractivity contribution in [1.29, 1.82) is 0 Å². The summed E-state index contributed by atoms with van der Waals surface area (Å²) in [4.78, 5) is 0. The molecule has 0 saturated heterocycles. The van der Waals surface area contributed by atoms with Gasteiger partial charge in [0.2, 0.25) is 0 Å². The number of rotatable bonds is 7. The maximum Gasteiger partial charge on any atom is 0.0502 e. The molecule has 0 bridgehead atoms. The highest BCUT2D eigenvalue weighted by atomic mass is 16.5. The molecular formula is C18H29NO. The topological polar surface area (TPSA) is 21.3 Å². The average Bonchev–Trinajstić information content (AvgIpc) is 2.52. The molecule has 112 valence electrons. The summed E-state index contributed by atoms with van der Waals surface area (Å²) in [5, 5.41) is 3.50. The molecule has 0 aromatic heterocycles. The molecule has 1 fully saturated rings. The monoisotopic (exact) mass is 275 g/mol. The van der Waals surface area contributed by atoms with Crippen LogP contribution in [0.15, 0.2) is 24.3 Å². The molecule has 20 heavy (non-hydrogen) atoms. The van der Waals surface area contributed by atoms with Crippen molar-refractivity contribution in [3.63, 3.8) is 0 Å². The molecule has 2 rings (SSSR count). The molecule has 1 saturated carbocycles. The summed E-state index contributed by atoms with van der Waals surface area (Å²) in [6, 6.07) is 9.58. The molecule has 0 amide bonds. The van der Waals surface area contributed by atoms with E-state index in [2.05, 4.69) is 36.6 Å². The highest BCUT2D eigenvalue weighted by Crippen LogP contribution is 2.31. The van der Waals surface area contributed by atoms with E-state index < -0.39 is 0 Å². The van der Waals surface area contributed by atoms with Gasteiger partial charge in [0, 0.05) is 13.2 Å². The van der Waals surface area contributed by atoms with Crippen molar-refractivity contribution >= 4 is 0 Å². The van der Waals surface area contributed by atoms with Gasteiger partial charge in [0.1, 0.15) is 0 Å². The standard InChI is InChI=1S/C18H29NO/c1-19-18(14-16-6-4-3-5-7-16)17-10-8-15(9-11-17)12-13-20-2/h8-11,16,18-19H,3-7,12-14H2,1-2H3. The first-order valence-electron chi connectivity index (χ1n) is 8.08. The minimum atomic E-state index is 0.509. The van der Waals surface area contributed by atoms with Gasteiger partial charge >= 0.3 is 0 Å². The zero-order valence-corrected chi connectivity index (χ0v) is 13.0. The molecular weight excluding hydrogens is 246 g/mol. The van der Waals surface area contributed by atoms with E-state index in [1.807, 2.05) is 0 Å². The molecule has 0 radical (unpaired) electrons. The van der Waals surface area contributed by atoms with Crippen LogP contribution in [-0.4, -0.2) is 20.8 Å². The Bertz CT molecular complexity index is 368. The van der Waals surface area contributed by atoms with Gasteiger partial charge in [-0.3, -0.25) is 0 Å². The summed E-state index contributed by atoms with van der Waals surface area (Å²) in [5.41, 5.74) is 2.79. The molecule has 0 spiro atoms. The number of hydrogen-bond donors (Lipinski definition) is 1. The van der Waals surface area contributed by atoms with Gasteiger partial charge < -0.3 is 10.1 Å². The molecule has 1 N–H and O–H groups in total. The number of nitrogens with one attached hydrogen (secondary N) is 1. The summed E-state index contributed by atoms with van der Waals surface area (Å²) >= 11 is 0. The van der Waals surface area contributed by atoms with Crippen LogP contribution >= 0.6 is 0 Å². The van der Waals surface area contributed by atoms with Crippen LogP contribution in [0.3, 0.4) is 0 Å². The van der Waals surface area contributed by atoms with Crippen LogP contribution in [0.4, 0.5) is 0 Å². The van der Waals surface area contributed by atoms with Gasteiger partial charge in [-0.2, -0.15) is 0 Å². The Morgan fingerprint density at radius 1 is 1.15 bits per heavy atom. The molecule has 1 aliphatic carbocycles. The zero-order chi connectivity index (χ0) is 14.2. The Morgan fingerprint density at radius 2 is 1.85 bits per heavy atom. The summed E-state index contributed by atoms with van der Waals surface area (Å²) in [5.74, 6) is 0.911. The van der Waals surface area contributed by atoms with Gasteiger partial charge in [-0.15, -0.1) is 0 Å². The second-order valence-corrected chi connectivity index (χ2v) is 6.07. The minimum Gasteiger partial charge on any atom is -0.384 e. The Kier molecular flexibility index (Phi) is 6.55. The fraction of sp³-hybridized carbons (Fsp3) is 0.667. The van der Waals surface area contributed by atoms with Crippen molar-refractivity contribution in [1.82, 2.24) is 5.32 Å². The highest BCUT2D eigenvalue weighted by Gasteiger charge is 2.19. The quantitative estimate of drug-likeness (QED) is 0.808. The number of benzene rings is 1. The molecule has 2 heteroatoms. The lowest BCUT2D eigenvalue weighted by Gasteiger charge is -2.26. The number of methoxy groups -OCH3 is 1. The van der Waals surface area contributed by atoms with Gasteiger partial charge in [0.15, 0.2) is 0 Å². The fourth-order valence-corrected chi connectivity index (χ4v) is 3.31. The predicted octanol–water partition coefficient (Wildman–Crippen LogP) is 4.11. The van der Waals surface area contributed by atoms with E-state index in [1.165, 1.54) is 49.7 Å². The number of ether oxygens (including phenoxy) is 1. The Hall–Kier alpha value is -0.860. The van der Waals surface area contributed by atoms with Crippen molar-refractivity contribution < 1.29 is 4.74 Å². The van der Waals surface area contributed by atoms with Crippen LogP contribution in [0, 0.1) is 5.92 Å². The van der Waals surface area contributed by atoms with E-state index >= 15 is 0 Å². The molecule has 2 nitrogen and oxygen atoms in total. The van der Waals surface area contributed by atoms with Crippen molar-refractivity contribution in [3.8, 4) is 0 Å². The van der Waals surface area contributed by atoms with E-state index in [1.54, 1.807) is 7.11 Å². The van der Waals surface area contributed by atoms with Gasteiger partial charge in [-0.05, 0) is 36.9 Å². The lowest BCUT2D eigenvalue weighted by molar-refractivity contribution is 0.202.